The quantitative estimate of drug-likeness (QED) is 0.584. The van der Waals surface area contributed by atoms with E-state index in [-0.39, 0.29) is 5.91 Å². The van der Waals surface area contributed by atoms with Crippen molar-refractivity contribution in [3.8, 4) is 5.75 Å². The number of ether oxygens (including phenoxy) is 1. The van der Waals surface area contributed by atoms with Gasteiger partial charge in [-0.05, 0) is 23.8 Å². The molecule has 0 aliphatic heterocycles. The molecule has 1 rings (SSSR count). The lowest BCUT2D eigenvalue weighted by atomic mass is 10.2. The van der Waals surface area contributed by atoms with Crippen molar-refractivity contribution in [1.82, 2.24) is 5.32 Å². The van der Waals surface area contributed by atoms with Crippen LogP contribution in [0.2, 0.25) is 0 Å². The van der Waals surface area contributed by atoms with Crippen molar-refractivity contribution in [3.63, 3.8) is 0 Å². The van der Waals surface area contributed by atoms with Crippen LogP contribution in [0.3, 0.4) is 0 Å². The molecule has 0 spiro atoms. The van der Waals surface area contributed by atoms with Crippen molar-refractivity contribution in [1.29, 1.82) is 0 Å². The van der Waals surface area contributed by atoms with Crippen molar-refractivity contribution < 1.29 is 9.53 Å². The van der Waals surface area contributed by atoms with Crippen LogP contribution in [0.5, 0.6) is 5.75 Å². The van der Waals surface area contributed by atoms with Gasteiger partial charge in [-0.1, -0.05) is 31.4 Å². The van der Waals surface area contributed by atoms with E-state index in [1.807, 2.05) is 24.3 Å². The van der Waals surface area contributed by atoms with E-state index in [1.54, 1.807) is 6.08 Å². The van der Waals surface area contributed by atoms with E-state index >= 15 is 0 Å². The second-order valence-electron chi connectivity index (χ2n) is 3.12. The molecule has 1 N–H and O–H groups in total. The molecule has 3 heteroatoms. The van der Waals surface area contributed by atoms with E-state index < -0.39 is 0 Å². The number of nitrogens with one attached hydrogen (secondary N) is 1. The molecule has 16 heavy (non-hydrogen) atoms. The maximum Gasteiger partial charge on any atom is 0.243 e. The summed E-state index contributed by atoms with van der Waals surface area (Å²) >= 11 is 0. The number of hydrogen-bond donors (Lipinski definition) is 1. The summed E-state index contributed by atoms with van der Waals surface area (Å²) in [5.41, 5.74) is 1.05. The smallest absolute Gasteiger partial charge is 0.243 e. The summed E-state index contributed by atoms with van der Waals surface area (Å²) in [5.74, 6) is 0.587. The maximum absolute atomic E-state index is 10.8. The van der Waals surface area contributed by atoms with E-state index in [0.717, 1.165) is 11.3 Å². The molecule has 0 radical (unpaired) electrons. The van der Waals surface area contributed by atoms with Crippen LogP contribution >= 0.6 is 0 Å². The highest BCUT2D eigenvalue weighted by molar-refractivity contribution is 5.86. The molecular formula is C13H15NO2. The lowest BCUT2D eigenvalue weighted by Gasteiger charge is -2.06. The molecule has 1 amide bonds. The van der Waals surface area contributed by atoms with Crippen LogP contribution < -0.4 is 10.1 Å². The van der Waals surface area contributed by atoms with Crippen molar-refractivity contribution in [2.75, 3.05) is 13.2 Å². The molecule has 0 aliphatic carbocycles. The molecule has 0 atom stereocenters. The first-order chi connectivity index (χ1) is 7.76. The third-order valence-corrected chi connectivity index (χ3v) is 1.97. The van der Waals surface area contributed by atoms with Crippen LogP contribution in [-0.2, 0) is 4.79 Å². The fourth-order valence-corrected chi connectivity index (χ4v) is 1.12. The summed E-state index contributed by atoms with van der Waals surface area (Å²) in [4.78, 5) is 10.8. The van der Waals surface area contributed by atoms with Crippen LogP contribution in [0.25, 0.3) is 6.08 Å². The van der Waals surface area contributed by atoms with Gasteiger partial charge in [-0.3, -0.25) is 4.79 Å². The molecule has 1 aromatic rings. The van der Waals surface area contributed by atoms with E-state index in [9.17, 15) is 4.79 Å². The Morgan fingerprint density at radius 2 is 2.00 bits per heavy atom. The minimum atomic E-state index is -0.189. The van der Waals surface area contributed by atoms with Gasteiger partial charge >= 0.3 is 0 Å². The Labute approximate surface area is 95.4 Å². The Hall–Kier alpha value is -2.03. The predicted molar refractivity (Wildman–Crippen MR) is 65.2 cm³/mol. The van der Waals surface area contributed by atoms with Crippen LogP contribution in [0.1, 0.15) is 5.56 Å². The van der Waals surface area contributed by atoms with Crippen molar-refractivity contribution >= 4 is 12.0 Å². The summed E-state index contributed by atoms with van der Waals surface area (Å²) in [7, 11) is 0. The Balaban J connectivity index is 2.29. The first kappa shape index (κ1) is 12.0. The largest absolute Gasteiger partial charge is 0.492 e. The highest BCUT2D eigenvalue weighted by Crippen LogP contribution is 2.12. The van der Waals surface area contributed by atoms with Crippen LogP contribution in [0, 0.1) is 0 Å². The van der Waals surface area contributed by atoms with Gasteiger partial charge in [-0.15, -0.1) is 0 Å². The Kier molecular flexibility index (Phi) is 4.86. The minimum absolute atomic E-state index is 0.189. The molecule has 3 nitrogen and oxygen atoms in total. The first-order valence-corrected chi connectivity index (χ1v) is 5.02. The zero-order valence-corrected chi connectivity index (χ0v) is 9.11. The van der Waals surface area contributed by atoms with Crippen LogP contribution in [-0.4, -0.2) is 19.1 Å². The first-order valence-electron chi connectivity index (χ1n) is 5.02. The van der Waals surface area contributed by atoms with Gasteiger partial charge < -0.3 is 10.1 Å². The second kappa shape index (κ2) is 6.45. The van der Waals surface area contributed by atoms with Crippen molar-refractivity contribution in [3.05, 3.63) is 49.1 Å². The zero-order chi connectivity index (χ0) is 11.8. The van der Waals surface area contributed by atoms with Gasteiger partial charge in [0.15, 0.2) is 0 Å². The average Bonchev–Trinajstić information content (AvgIpc) is 2.35. The van der Waals surface area contributed by atoms with E-state index in [4.69, 9.17) is 4.74 Å². The number of carbonyl (C=O) groups is 1. The standard InChI is InChI=1S/C13H15NO2/c1-3-11-5-7-12(8-6-11)16-10-9-14-13(15)4-2/h3-8H,1-2,9-10H2,(H,14,15). The summed E-state index contributed by atoms with van der Waals surface area (Å²) < 4.78 is 5.42. The fraction of sp³-hybridized carbons (Fsp3) is 0.154. The number of benzene rings is 1. The van der Waals surface area contributed by atoms with E-state index in [1.165, 1.54) is 6.08 Å². The van der Waals surface area contributed by atoms with Gasteiger partial charge in [0.25, 0.3) is 0 Å². The fourth-order valence-electron chi connectivity index (χ4n) is 1.12. The van der Waals surface area contributed by atoms with Crippen molar-refractivity contribution in [2.45, 2.75) is 0 Å². The van der Waals surface area contributed by atoms with E-state index in [0.29, 0.717) is 13.2 Å². The monoisotopic (exact) mass is 217 g/mol. The van der Waals surface area contributed by atoms with Crippen molar-refractivity contribution in [2.24, 2.45) is 0 Å². The van der Waals surface area contributed by atoms with Gasteiger partial charge in [0, 0.05) is 0 Å². The second-order valence-corrected chi connectivity index (χ2v) is 3.12. The molecule has 84 valence electrons. The van der Waals surface area contributed by atoms with Gasteiger partial charge in [0.2, 0.25) is 5.91 Å². The number of rotatable bonds is 6. The normalized spacial score (nSPS) is 9.25. The predicted octanol–water partition coefficient (Wildman–Crippen LogP) is 2.01. The minimum Gasteiger partial charge on any atom is -0.492 e. The molecular weight excluding hydrogens is 202 g/mol. The molecule has 0 aromatic heterocycles. The van der Waals surface area contributed by atoms with Gasteiger partial charge in [-0.25, -0.2) is 0 Å². The molecule has 0 heterocycles. The van der Waals surface area contributed by atoms with Gasteiger partial charge in [0.05, 0.1) is 6.54 Å². The number of hydrogen-bond acceptors (Lipinski definition) is 2. The SMILES string of the molecule is C=CC(=O)NCCOc1ccc(C=C)cc1. The average molecular weight is 217 g/mol. The lowest BCUT2D eigenvalue weighted by molar-refractivity contribution is -0.116. The summed E-state index contributed by atoms with van der Waals surface area (Å²) in [6.45, 7) is 7.93. The molecule has 0 saturated carbocycles. The van der Waals surface area contributed by atoms with Crippen LogP contribution in [0.4, 0.5) is 0 Å². The number of amides is 1. The number of carbonyl (C=O) groups excluding carboxylic acids is 1. The Morgan fingerprint density at radius 1 is 1.31 bits per heavy atom. The Bertz CT molecular complexity index is 368. The Morgan fingerprint density at radius 3 is 2.56 bits per heavy atom. The molecule has 0 fully saturated rings. The molecule has 0 bridgehead atoms. The lowest BCUT2D eigenvalue weighted by Crippen LogP contribution is -2.26. The summed E-state index contributed by atoms with van der Waals surface area (Å²) in [5, 5.41) is 2.63. The third-order valence-electron chi connectivity index (χ3n) is 1.97. The summed E-state index contributed by atoms with van der Waals surface area (Å²) in [6, 6.07) is 7.58. The van der Waals surface area contributed by atoms with Crippen LogP contribution in [0.15, 0.2) is 43.5 Å². The van der Waals surface area contributed by atoms with Gasteiger partial charge in [-0.2, -0.15) is 0 Å². The topological polar surface area (TPSA) is 38.3 Å². The third kappa shape index (κ3) is 4.00. The van der Waals surface area contributed by atoms with Gasteiger partial charge in [0.1, 0.15) is 12.4 Å². The molecule has 0 unspecified atom stereocenters. The zero-order valence-electron chi connectivity index (χ0n) is 9.11. The highest BCUT2D eigenvalue weighted by atomic mass is 16.5. The molecule has 0 saturated heterocycles. The molecule has 0 aliphatic rings. The molecule has 1 aromatic carbocycles. The van der Waals surface area contributed by atoms with E-state index in [2.05, 4.69) is 18.5 Å². The maximum atomic E-state index is 10.8. The summed E-state index contributed by atoms with van der Waals surface area (Å²) in [6.07, 6.45) is 3.01. The highest BCUT2D eigenvalue weighted by Gasteiger charge is 1.95.